The van der Waals surface area contributed by atoms with Crippen molar-refractivity contribution >= 4 is 51.9 Å². The van der Waals surface area contributed by atoms with Gasteiger partial charge in [0, 0.05) is 3.57 Å². The Labute approximate surface area is 130 Å². The molecule has 0 saturated heterocycles. The molecule has 1 aromatic carbocycles. The van der Waals surface area contributed by atoms with Gasteiger partial charge in [0.1, 0.15) is 0 Å². The molecule has 0 atom stereocenters. The van der Waals surface area contributed by atoms with E-state index in [-0.39, 0.29) is 11.5 Å². The number of carboxylic acid groups (broad SMARTS) is 1. The number of hydrogen-bond donors (Lipinski definition) is 2. The van der Waals surface area contributed by atoms with Crippen LogP contribution in [0.2, 0.25) is 0 Å². The number of aromatic carboxylic acids is 1. The van der Waals surface area contributed by atoms with E-state index in [1.807, 2.05) is 22.6 Å². The van der Waals surface area contributed by atoms with Gasteiger partial charge < -0.3 is 10.4 Å². The Kier molecular flexibility index (Phi) is 7.22. The minimum absolute atomic E-state index is 0.124. The molecular weight excluding hydrogens is 377 g/mol. The molecule has 0 fully saturated rings. The van der Waals surface area contributed by atoms with E-state index in [0.29, 0.717) is 11.4 Å². The number of carbonyl (C=O) groups is 2. The zero-order valence-electron chi connectivity index (χ0n) is 10.6. The molecule has 0 spiro atoms. The van der Waals surface area contributed by atoms with Crippen molar-refractivity contribution in [2.45, 2.75) is 19.8 Å². The van der Waals surface area contributed by atoms with Crippen LogP contribution in [0.1, 0.15) is 30.1 Å². The van der Waals surface area contributed by atoms with Gasteiger partial charge in [-0.1, -0.05) is 13.3 Å². The summed E-state index contributed by atoms with van der Waals surface area (Å²) in [6, 6.07) is 4.94. The molecule has 0 bridgehead atoms. The Morgan fingerprint density at radius 3 is 2.79 bits per heavy atom. The van der Waals surface area contributed by atoms with Crippen LogP contribution < -0.4 is 5.32 Å². The third kappa shape index (κ3) is 5.82. The molecule has 0 heterocycles. The van der Waals surface area contributed by atoms with Crippen LogP contribution in [-0.2, 0) is 4.79 Å². The first-order valence-electron chi connectivity index (χ1n) is 5.95. The standard InChI is InChI=1S/C13H16INO3S/c1-2-3-6-19-8-12(16)15-11-5-4-9(14)7-10(11)13(17)18/h4-5,7H,2-3,6,8H2,1H3,(H,15,16)(H,17,18). The fourth-order valence-electron chi connectivity index (χ4n) is 1.40. The molecule has 0 radical (unpaired) electrons. The zero-order chi connectivity index (χ0) is 14.3. The van der Waals surface area contributed by atoms with E-state index in [4.69, 9.17) is 5.11 Å². The first kappa shape index (κ1) is 16.3. The van der Waals surface area contributed by atoms with E-state index in [0.717, 1.165) is 22.2 Å². The van der Waals surface area contributed by atoms with Crippen LogP contribution in [0.15, 0.2) is 18.2 Å². The molecule has 0 unspecified atom stereocenters. The number of thioether (sulfide) groups is 1. The van der Waals surface area contributed by atoms with Gasteiger partial charge in [-0.2, -0.15) is 11.8 Å². The smallest absolute Gasteiger partial charge is 0.337 e. The third-order valence-electron chi connectivity index (χ3n) is 2.36. The molecule has 4 nitrogen and oxygen atoms in total. The second-order valence-electron chi connectivity index (χ2n) is 3.95. The number of amides is 1. The number of unbranched alkanes of at least 4 members (excludes halogenated alkanes) is 1. The summed E-state index contributed by atoms with van der Waals surface area (Å²) in [5, 5.41) is 11.7. The fourth-order valence-corrected chi connectivity index (χ4v) is 2.79. The van der Waals surface area contributed by atoms with Gasteiger partial charge >= 0.3 is 5.97 Å². The fraction of sp³-hybridized carbons (Fsp3) is 0.385. The van der Waals surface area contributed by atoms with Crippen molar-refractivity contribution < 1.29 is 14.7 Å². The Bertz CT molecular complexity index is 465. The summed E-state index contributed by atoms with van der Waals surface area (Å²) in [6.45, 7) is 2.10. The van der Waals surface area contributed by atoms with Crippen molar-refractivity contribution in [1.29, 1.82) is 0 Å². The van der Waals surface area contributed by atoms with Gasteiger partial charge in [-0.05, 0) is 53.0 Å². The molecule has 19 heavy (non-hydrogen) atoms. The number of hydrogen-bond acceptors (Lipinski definition) is 3. The Hall–Kier alpha value is -0.760. The molecule has 1 aromatic rings. The number of anilines is 1. The molecule has 1 amide bonds. The quantitative estimate of drug-likeness (QED) is 0.550. The average Bonchev–Trinajstić information content (AvgIpc) is 2.36. The third-order valence-corrected chi connectivity index (χ3v) is 4.08. The molecule has 0 aliphatic rings. The van der Waals surface area contributed by atoms with Crippen molar-refractivity contribution in [1.82, 2.24) is 0 Å². The van der Waals surface area contributed by atoms with Crippen molar-refractivity contribution in [3.05, 3.63) is 27.3 Å². The Morgan fingerprint density at radius 2 is 2.16 bits per heavy atom. The summed E-state index contributed by atoms with van der Waals surface area (Å²) in [5.74, 6) is 0.102. The number of halogens is 1. The van der Waals surface area contributed by atoms with Crippen molar-refractivity contribution in [3.63, 3.8) is 0 Å². The SMILES string of the molecule is CCCCSCC(=O)Nc1ccc(I)cc1C(=O)O. The molecule has 0 saturated carbocycles. The van der Waals surface area contributed by atoms with Gasteiger partial charge in [0.05, 0.1) is 17.0 Å². The van der Waals surface area contributed by atoms with E-state index < -0.39 is 5.97 Å². The second kappa shape index (κ2) is 8.42. The van der Waals surface area contributed by atoms with Crippen LogP contribution in [0.4, 0.5) is 5.69 Å². The van der Waals surface area contributed by atoms with Gasteiger partial charge in [-0.25, -0.2) is 4.79 Å². The summed E-state index contributed by atoms with van der Waals surface area (Å²) in [6.07, 6.45) is 2.19. The van der Waals surface area contributed by atoms with E-state index in [1.165, 1.54) is 0 Å². The number of benzene rings is 1. The Balaban J connectivity index is 2.61. The highest BCUT2D eigenvalue weighted by Gasteiger charge is 2.12. The molecule has 2 N–H and O–H groups in total. The van der Waals surface area contributed by atoms with E-state index in [9.17, 15) is 9.59 Å². The lowest BCUT2D eigenvalue weighted by molar-refractivity contribution is -0.113. The highest BCUT2D eigenvalue weighted by atomic mass is 127. The lowest BCUT2D eigenvalue weighted by atomic mass is 10.2. The van der Waals surface area contributed by atoms with Gasteiger partial charge in [0.2, 0.25) is 5.91 Å². The molecule has 0 aromatic heterocycles. The van der Waals surface area contributed by atoms with Gasteiger partial charge in [0.15, 0.2) is 0 Å². The average molecular weight is 393 g/mol. The normalized spacial score (nSPS) is 10.2. The minimum atomic E-state index is -1.03. The molecule has 0 aliphatic heterocycles. The van der Waals surface area contributed by atoms with E-state index in [2.05, 4.69) is 12.2 Å². The maximum Gasteiger partial charge on any atom is 0.337 e. The first-order chi connectivity index (χ1) is 9.04. The lowest BCUT2D eigenvalue weighted by Gasteiger charge is -2.08. The summed E-state index contributed by atoms with van der Waals surface area (Å²) in [7, 11) is 0. The molecule has 104 valence electrons. The zero-order valence-corrected chi connectivity index (χ0v) is 13.6. The Morgan fingerprint density at radius 1 is 1.42 bits per heavy atom. The topological polar surface area (TPSA) is 66.4 Å². The van der Waals surface area contributed by atoms with E-state index >= 15 is 0 Å². The highest BCUT2D eigenvalue weighted by molar-refractivity contribution is 14.1. The molecular formula is C13H16INO3S. The van der Waals surface area contributed by atoms with Crippen molar-refractivity contribution in [2.75, 3.05) is 16.8 Å². The summed E-state index contributed by atoms with van der Waals surface area (Å²) in [5.41, 5.74) is 0.479. The first-order valence-corrected chi connectivity index (χ1v) is 8.18. The van der Waals surface area contributed by atoms with Crippen LogP contribution in [0.5, 0.6) is 0 Å². The van der Waals surface area contributed by atoms with Crippen LogP contribution in [0, 0.1) is 3.57 Å². The van der Waals surface area contributed by atoms with Gasteiger partial charge in [0.25, 0.3) is 0 Å². The number of nitrogens with one attached hydrogen (secondary N) is 1. The number of carboxylic acids is 1. The molecule has 6 heteroatoms. The maximum absolute atomic E-state index is 11.7. The van der Waals surface area contributed by atoms with Crippen LogP contribution >= 0.6 is 34.4 Å². The minimum Gasteiger partial charge on any atom is -0.478 e. The molecule has 0 aliphatic carbocycles. The molecule has 1 rings (SSSR count). The van der Waals surface area contributed by atoms with Gasteiger partial charge in [-0.3, -0.25) is 4.79 Å². The summed E-state index contributed by atoms with van der Waals surface area (Å²) < 4.78 is 0.824. The lowest BCUT2D eigenvalue weighted by Crippen LogP contribution is -2.17. The summed E-state index contributed by atoms with van der Waals surface area (Å²) in [4.78, 5) is 22.8. The van der Waals surface area contributed by atoms with Crippen LogP contribution in [-0.4, -0.2) is 28.5 Å². The van der Waals surface area contributed by atoms with Crippen molar-refractivity contribution in [2.24, 2.45) is 0 Å². The highest BCUT2D eigenvalue weighted by Crippen LogP contribution is 2.19. The monoisotopic (exact) mass is 393 g/mol. The van der Waals surface area contributed by atoms with Crippen LogP contribution in [0.25, 0.3) is 0 Å². The largest absolute Gasteiger partial charge is 0.478 e. The van der Waals surface area contributed by atoms with Crippen LogP contribution in [0.3, 0.4) is 0 Å². The summed E-state index contributed by atoms with van der Waals surface area (Å²) >= 11 is 3.60. The van der Waals surface area contributed by atoms with E-state index in [1.54, 1.807) is 30.0 Å². The van der Waals surface area contributed by atoms with Gasteiger partial charge in [-0.15, -0.1) is 0 Å². The predicted octanol–water partition coefficient (Wildman–Crippen LogP) is 3.46. The predicted molar refractivity (Wildman–Crippen MR) is 87.0 cm³/mol. The second-order valence-corrected chi connectivity index (χ2v) is 6.30. The number of carbonyl (C=O) groups excluding carboxylic acids is 1. The van der Waals surface area contributed by atoms with Crippen molar-refractivity contribution in [3.8, 4) is 0 Å². The number of rotatable bonds is 7. The maximum atomic E-state index is 11.7.